The van der Waals surface area contributed by atoms with Gasteiger partial charge in [-0.2, -0.15) is 5.10 Å². The van der Waals surface area contributed by atoms with Crippen LogP contribution in [0.4, 0.5) is 0 Å². The van der Waals surface area contributed by atoms with Crippen LogP contribution in [0.1, 0.15) is 40.2 Å². The maximum Gasteiger partial charge on any atom is 0.274 e. The summed E-state index contributed by atoms with van der Waals surface area (Å²) in [7, 11) is 0. The molecule has 0 radical (unpaired) electrons. The van der Waals surface area contributed by atoms with Crippen LogP contribution in [-0.2, 0) is 23.4 Å². The van der Waals surface area contributed by atoms with Crippen molar-refractivity contribution >= 4 is 23.4 Å². The van der Waals surface area contributed by atoms with Crippen LogP contribution in [0, 0.1) is 6.92 Å². The molecule has 0 spiro atoms. The zero-order valence-electron chi connectivity index (χ0n) is 18.0. The molecule has 32 heavy (non-hydrogen) atoms. The number of carbonyl (C=O) groups excluding carboxylic acids is 2. The minimum atomic E-state index is -0.892. The van der Waals surface area contributed by atoms with Crippen LogP contribution in [0.3, 0.4) is 0 Å². The normalized spacial score (nSPS) is 19.8. The van der Waals surface area contributed by atoms with E-state index >= 15 is 0 Å². The van der Waals surface area contributed by atoms with Gasteiger partial charge in [-0.25, -0.2) is 0 Å². The number of amides is 2. The molecule has 0 bridgehead atoms. The third-order valence-corrected chi connectivity index (χ3v) is 6.74. The molecule has 2 aliphatic heterocycles. The van der Waals surface area contributed by atoms with Crippen molar-refractivity contribution in [1.82, 2.24) is 19.6 Å². The van der Waals surface area contributed by atoms with Gasteiger partial charge in [0.15, 0.2) is 5.66 Å². The van der Waals surface area contributed by atoms with E-state index in [9.17, 15) is 9.59 Å². The van der Waals surface area contributed by atoms with Crippen LogP contribution in [0.15, 0.2) is 60.7 Å². The number of fused-ring (bicyclic) bond motifs is 2. The van der Waals surface area contributed by atoms with E-state index in [0.29, 0.717) is 36.8 Å². The van der Waals surface area contributed by atoms with E-state index in [2.05, 4.69) is 17.2 Å². The number of aryl methyl sites for hydroxylation is 2. The van der Waals surface area contributed by atoms with Crippen LogP contribution < -0.4 is 0 Å². The highest BCUT2D eigenvalue weighted by Crippen LogP contribution is 2.43. The molecule has 3 heterocycles. The van der Waals surface area contributed by atoms with Gasteiger partial charge in [0, 0.05) is 30.1 Å². The number of carbonyl (C=O) groups is 2. The Morgan fingerprint density at radius 1 is 1.09 bits per heavy atom. The number of halogens is 1. The zero-order valence-corrected chi connectivity index (χ0v) is 18.8. The van der Waals surface area contributed by atoms with Gasteiger partial charge in [-0.15, -0.1) is 0 Å². The second-order valence-electron chi connectivity index (χ2n) is 8.49. The minimum Gasteiger partial charge on any atom is -0.312 e. The molecule has 2 aromatic carbocycles. The van der Waals surface area contributed by atoms with E-state index in [1.54, 1.807) is 4.68 Å². The summed E-state index contributed by atoms with van der Waals surface area (Å²) in [6.45, 7) is 3.29. The van der Waals surface area contributed by atoms with E-state index in [1.165, 1.54) is 5.56 Å². The molecular weight excluding hydrogens is 424 g/mol. The van der Waals surface area contributed by atoms with E-state index in [4.69, 9.17) is 11.6 Å². The number of aromatic nitrogens is 2. The fourth-order valence-electron chi connectivity index (χ4n) is 5.02. The van der Waals surface area contributed by atoms with Crippen molar-refractivity contribution < 1.29 is 9.59 Å². The molecule has 1 fully saturated rings. The second kappa shape index (κ2) is 8.10. The lowest BCUT2D eigenvalue weighted by atomic mass is 9.94. The third kappa shape index (κ3) is 3.39. The minimum absolute atomic E-state index is 0.0542. The summed E-state index contributed by atoms with van der Waals surface area (Å²) in [6, 6.07) is 19.5. The lowest BCUT2D eigenvalue weighted by Crippen LogP contribution is -2.60. The maximum absolute atomic E-state index is 13.5. The van der Waals surface area contributed by atoms with E-state index in [0.717, 1.165) is 24.1 Å². The lowest BCUT2D eigenvalue weighted by molar-refractivity contribution is -0.141. The quantitative estimate of drug-likeness (QED) is 0.592. The summed E-state index contributed by atoms with van der Waals surface area (Å²) in [6.07, 6.45) is 2.03. The van der Waals surface area contributed by atoms with Gasteiger partial charge >= 0.3 is 0 Å². The fraction of sp³-hybridized carbons (Fsp3) is 0.320. The molecule has 1 aromatic heterocycles. The zero-order chi connectivity index (χ0) is 22.3. The van der Waals surface area contributed by atoms with Crippen molar-refractivity contribution in [2.24, 2.45) is 0 Å². The van der Waals surface area contributed by atoms with Crippen LogP contribution >= 0.6 is 11.6 Å². The van der Waals surface area contributed by atoms with Crippen molar-refractivity contribution in [3.8, 4) is 0 Å². The standard InChI is InChI=1S/C25H25ClN4O2/c1-18-16-22-24(32)29-15-14-28(23(31)9-5-8-19-6-3-2-4-7-19)25(29,17-30(22)27-18)20-10-12-21(26)13-11-20/h2-4,6-7,10-13,16H,5,8-9,14-15,17H2,1H3. The summed E-state index contributed by atoms with van der Waals surface area (Å²) >= 11 is 6.15. The first-order valence-corrected chi connectivity index (χ1v) is 11.3. The fourth-order valence-corrected chi connectivity index (χ4v) is 5.14. The molecule has 1 saturated heterocycles. The first-order chi connectivity index (χ1) is 15.5. The van der Waals surface area contributed by atoms with Gasteiger partial charge in [-0.1, -0.05) is 54.1 Å². The Hall–Kier alpha value is -3.12. The van der Waals surface area contributed by atoms with E-state index < -0.39 is 5.66 Å². The Balaban J connectivity index is 1.47. The van der Waals surface area contributed by atoms with E-state index in [1.807, 2.05) is 65.3 Å². The summed E-state index contributed by atoms with van der Waals surface area (Å²) in [5.41, 5.74) is 2.58. The molecule has 6 nitrogen and oxygen atoms in total. The Kier molecular flexibility index (Phi) is 5.25. The third-order valence-electron chi connectivity index (χ3n) is 6.48. The highest BCUT2D eigenvalue weighted by molar-refractivity contribution is 6.30. The van der Waals surface area contributed by atoms with Gasteiger partial charge in [0.2, 0.25) is 5.91 Å². The molecule has 1 atom stereocenters. The highest BCUT2D eigenvalue weighted by Gasteiger charge is 2.56. The molecule has 5 rings (SSSR count). The first kappa shape index (κ1) is 20.8. The molecule has 0 N–H and O–H groups in total. The summed E-state index contributed by atoms with van der Waals surface area (Å²) in [5.74, 6) is -0.0371. The van der Waals surface area contributed by atoms with Gasteiger partial charge < -0.3 is 9.80 Å². The van der Waals surface area contributed by atoms with Crippen molar-refractivity contribution in [3.05, 3.63) is 88.2 Å². The Labute approximate surface area is 192 Å². The molecule has 2 amide bonds. The Bertz CT molecular complexity index is 1160. The van der Waals surface area contributed by atoms with Crippen molar-refractivity contribution in [1.29, 1.82) is 0 Å². The molecule has 0 aliphatic carbocycles. The predicted molar refractivity (Wildman–Crippen MR) is 122 cm³/mol. The number of benzene rings is 2. The van der Waals surface area contributed by atoms with Gasteiger partial charge in [0.25, 0.3) is 5.91 Å². The van der Waals surface area contributed by atoms with E-state index in [-0.39, 0.29) is 11.8 Å². The number of hydrogen-bond acceptors (Lipinski definition) is 3. The monoisotopic (exact) mass is 448 g/mol. The predicted octanol–water partition coefficient (Wildman–Crippen LogP) is 4.02. The van der Waals surface area contributed by atoms with Crippen LogP contribution in [0.5, 0.6) is 0 Å². The summed E-state index contributed by atoms with van der Waals surface area (Å²) in [4.78, 5) is 30.6. The summed E-state index contributed by atoms with van der Waals surface area (Å²) in [5, 5.41) is 5.17. The number of hydrogen-bond donors (Lipinski definition) is 0. The average Bonchev–Trinajstić information content (AvgIpc) is 3.36. The van der Waals surface area contributed by atoms with Gasteiger partial charge in [0.1, 0.15) is 5.69 Å². The summed E-state index contributed by atoms with van der Waals surface area (Å²) < 4.78 is 1.75. The van der Waals surface area contributed by atoms with Crippen molar-refractivity contribution in [3.63, 3.8) is 0 Å². The average molecular weight is 449 g/mol. The highest BCUT2D eigenvalue weighted by atomic mass is 35.5. The van der Waals surface area contributed by atoms with Crippen LogP contribution in [-0.4, -0.2) is 44.5 Å². The van der Waals surface area contributed by atoms with Crippen molar-refractivity contribution in [2.75, 3.05) is 13.1 Å². The first-order valence-electron chi connectivity index (χ1n) is 11.0. The molecular formula is C25H25ClN4O2. The molecule has 0 saturated carbocycles. The van der Waals surface area contributed by atoms with Crippen LogP contribution in [0.25, 0.3) is 0 Å². The van der Waals surface area contributed by atoms with Gasteiger partial charge in [-0.3, -0.25) is 14.3 Å². The molecule has 3 aromatic rings. The Morgan fingerprint density at radius 2 is 1.84 bits per heavy atom. The van der Waals surface area contributed by atoms with Crippen molar-refractivity contribution in [2.45, 2.75) is 38.4 Å². The largest absolute Gasteiger partial charge is 0.312 e. The molecule has 7 heteroatoms. The van der Waals surface area contributed by atoms with Gasteiger partial charge in [0.05, 0.1) is 12.2 Å². The second-order valence-corrected chi connectivity index (χ2v) is 8.93. The smallest absolute Gasteiger partial charge is 0.274 e. The number of rotatable bonds is 5. The molecule has 164 valence electrons. The number of nitrogens with zero attached hydrogens (tertiary/aromatic N) is 4. The maximum atomic E-state index is 13.5. The SMILES string of the molecule is Cc1cc2n(n1)CC1(c3ccc(Cl)cc3)N(C(=O)CCCc3ccccc3)CCN1C2=O. The molecule has 2 aliphatic rings. The topological polar surface area (TPSA) is 58.4 Å². The van der Waals surface area contributed by atoms with Gasteiger partial charge in [-0.05, 0) is 43.5 Å². The van der Waals surface area contributed by atoms with Crippen LogP contribution in [0.2, 0.25) is 5.02 Å². The molecule has 1 unspecified atom stereocenters. The lowest BCUT2D eigenvalue weighted by Gasteiger charge is -2.46. The Morgan fingerprint density at radius 3 is 2.59 bits per heavy atom.